The van der Waals surface area contributed by atoms with Crippen molar-refractivity contribution in [2.75, 3.05) is 39.4 Å². The predicted molar refractivity (Wildman–Crippen MR) is 233 cm³/mol. The highest BCUT2D eigenvalue weighted by molar-refractivity contribution is 5.86. The average molecular weight is 782 g/mol. The maximum atomic E-state index is 13.4. The zero-order chi connectivity index (χ0) is 40.3. The van der Waals surface area contributed by atoms with E-state index in [-0.39, 0.29) is 30.4 Å². The molecule has 56 heavy (non-hydrogen) atoms. The number of aliphatic hydroxyl groups excluding tert-OH is 1. The molecule has 8 nitrogen and oxygen atoms in total. The Bertz CT molecular complexity index is 1130. The van der Waals surface area contributed by atoms with E-state index in [1.165, 1.54) is 77.0 Å². The van der Waals surface area contributed by atoms with Gasteiger partial charge in [0.25, 0.3) is 0 Å². The summed E-state index contributed by atoms with van der Waals surface area (Å²) < 4.78 is 5.74. The van der Waals surface area contributed by atoms with E-state index in [9.17, 15) is 19.5 Å². The Morgan fingerprint density at radius 1 is 0.625 bits per heavy atom. The van der Waals surface area contributed by atoms with Crippen molar-refractivity contribution in [3.05, 3.63) is 48.6 Å². The molecule has 2 N–H and O–H groups in total. The molecule has 0 radical (unpaired) electrons. The number of hydrogen-bond donors (Lipinski definition) is 2. The molecule has 0 spiro atoms. The fourth-order valence-electron chi connectivity index (χ4n) is 7.56. The number of aliphatic hydroxyl groups is 1. The van der Waals surface area contributed by atoms with E-state index in [4.69, 9.17) is 4.74 Å². The number of hydrogen-bond acceptors (Lipinski definition) is 6. The van der Waals surface area contributed by atoms with Crippen LogP contribution >= 0.6 is 0 Å². The first-order valence-electron chi connectivity index (χ1n) is 23.2. The molecule has 0 aromatic rings. The van der Waals surface area contributed by atoms with Crippen LogP contribution in [0.25, 0.3) is 0 Å². The van der Waals surface area contributed by atoms with Crippen molar-refractivity contribution in [1.82, 2.24) is 15.1 Å². The SMILES string of the molecule is CCCCC/C=C\C/C=C\CCCCCCCCOC(=O)C1CC(NC(=O)CCN2CC(CO)C2)CN1C(=O)CCCCCCC/C=C\C/C=C\CCCCC. The summed E-state index contributed by atoms with van der Waals surface area (Å²) in [5, 5.41) is 12.4. The van der Waals surface area contributed by atoms with Crippen molar-refractivity contribution >= 4 is 17.8 Å². The number of nitrogens with one attached hydrogen (secondary N) is 1. The molecular formula is C48H83N3O5. The summed E-state index contributed by atoms with van der Waals surface area (Å²) in [4.78, 5) is 43.4. The van der Waals surface area contributed by atoms with Crippen molar-refractivity contribution in [1.29, 1.82) is 0 Å². The zero-order valence-electron chi connectivity index (χ0n) is 36.0. The number of unbranched alkanes of at least 4 members (excludes halogenated alkanes) is 17. The molecule has 0 saturated carbocycles. The van der Waals surface area contributed by atoms with Gasteiger partial charge in [-0.25, -0.2) is 4.79 Å². The molecule has 0 aromatic carbocycles. The van der Waals surface area contributed by atoms with Gasteiger partial charge in [-0.3, -0.25) is 9.59 Å². The molecular weight excluding hydrogens is 699 g/mol. The molecule has 2 aliphatic rings. The molecule has 2 saturated heterocycles. The minimum atomic E-state index is -0.643. The van der Waals surface area contributed by atoms with Gasteiger partial charge in [0.2, 0.25) is 11.8 Å². The Balaban J connectivity index is 1.65. The smallest absolute Gasteiger partial charge is 0.328 e. The van der Waals surface area contributed by atoms with Crippen molar-refractivity contribution in [2.24, 2.45) is 5.92 Å². The molecule has 2 fully saturated rings. The summed E-state index contributed by atoms with van der Waals surface area (Å²) >= 11 is 0. The predicted octanol–water partition coefficient (Wildman–Crippen LogP) is 10.6. The van der Waals surface area contributed by atoms with Crippen LogP contribution in [0.3, 0.4) is 0 Å². The minimum absolute atomic E-state index is 0.0151. The summed E-state index contributed by atoms with van der Waals surface area (Å²) in [6.45, 7) is 7.71. The van der Waals surface area contributed by atoms with Crippen molar-refractivity contribution in [3.63, 3.8) is 0 Å². The van der Waals surface area contributed by atoms with E-state index < -0.39 is 6.04 Å². The highest BCUT2D eigenvalue weighted by Crippen LogP contribution is 2.23. The van der Waals surface area contributed by atoms with Crippen molar-refractivity contribution in [3.8, 4) is 0 Å². The molecule has 0 aromatic heterocycles. The first-order valence-corrected chi connectivity index (χ1v) is 23.2. The quantitative estimate of drug-likeness (QED) is 0.0377. The van der Waals surface area contributed by atoms with Crippen molar-refractivity contribution < 1.29 is 24.2 Å². The van der Waals surface area contributed by atoms with Crippen LogP contribution in [0.15, 0.2) is 48.6 Å². The van der Waals surface area contributed by atoms with Crippen LogP contribution in [-0.4, -0.2) is 84.2 Å². The lowest BCUT2D eigenvalue weighted by atomic mass is 10.0. The lowest BCUT2D eigenvalue weighted by molar-refractivity contribution is -0.153. The standard InChI is InChI=1S/C48H83N3O5/c1-3-5-7-9-11-13-15-17-19-21-23-25-27-29-31-33-37-56-48(55)45-38-44(49-46(53)35-36-50-39-43(40-50)42-52)41-51(45)47(54)34-32-30-28-26-24-22-20-18-16-14-12-10-8-6-4-2/h11-14,17-20,43-45,52H,3-10,15-16,21-42H2,1-2H3,(H,49,53)/b13-11-,14-12-,19-17-,20-18-. The van der Waals surface area contributed by atoms with Crippen LogP contribution in [-0.2, 0) is 19.1 Å². The normalized spacial score (nSPS) is 17.9. The largest absolute Gasteiger partial charge is 0.464 e. The maximum absolute atomic E-state index is 13.4. The highest BCUT2D eigenvalue weighted by atomic mass is 16.5. The first-order chi connectivity index (χ1) is 27.5. The van der Waals surface area contributed by atoms with E-state index in [0.29, 0.717) is 44.9 Å². The van der Waals surface area contributed by atoms with Gasteiger partial charge in [0.15, 0.2) is 0 Å². The maximum Gasteiger partial charge on any atom is 0.328 e. The van der Waals surface area contributed by atoms with E-state index in [0.717, 1.165) is 83.7 Å². The van der Waals surface area contributed by atoms with Gasteiger partial charge in [0.05, 0.1) is 6.61 Å². The lowest BCUT2D eigenvalue weighted by Crippen LogP contribution is -2.49. The molecule has 0 bridgehead atoms. The van der Waals surface area contributed by atoms with E-state index >= 15 is 0 Å². The minimum Gasteiger partial charge on any atom is -0.464 e. The molecule has 2 atom stereocenters. The summed E-state index contributed by atoms with van der Waals surface area (Å²) in [6, 6.07) is -0.895. The van der Waals surface area contributed by atoms with Crippen molar-refractivity contribution in [2.45, 2.75) is 193 Å². The zero-order valence-corrected chi connectivity index (χ0v) is 36.0. The summed E-state index contributed by atoms with van der Waals surface area (Å²) in [5.74, 6) is -0.0973. The van der Waals surface area contributed by atoms with Gasteiger partial charge >= 0.3 is 5.97 Å². The fraction of sp³-hybridized carbons (Fsp3) is 0.771. The Morgan fingerprint density at radius 3 is 1.66 bits per heavy atom. The monoisotopic (exact) mass is 782 g/mol. The number of likely N-dealkylation sites (tertiary alicyclic amines) is 2. The van der Waals surface area contributed by atoms with Gasteiger partial charge in [-0.05, 0) is 77.0 Å². The van der Waals surface area contributed by atoms with E-state index in [1.807, 2.05) is 0 Å². The van der Waals surface area contributed by atoms with Crippen LogP contribution < -0.4 is 5.32 Å². The third-order valence-electron chi connectivity index (χ3n) is 11.1. The second-order valence-electron chi connectivity index (χ2n) is 16.4. The second kappa shape index (κ2) is 34.3. The van der Waals surface area contributed by atoms with E-state index in [2.05, 4.69) is 72.7 Å². The summed E-state index contributed by atoms with van der Waals surface area (Å²) in [5.41, 5.74) is 0. The Hall–Kier alpha value is -2.71. The Labute approximate surface area is 343 Å². The molecule has 2 rings (SSSR count). The third-order valence-corrected chi connectivity index (χ3v) is 11.1. The van der Waals surface area contributed by atoms with Gasteiger partial charge in [-0.2, -0.15) is 0 Å². The van der Waals surface area contributed by atoms with Crippen LogP contribution in [0, 0.1) is 5.92 Å². The topological polar surface area (TPSA) is 99.2 Å². The van der Waals surface area contributed by atoms with Crippen LogP contribution in [0.4, 0.5) is 0 Å². The van der Waals surface area contributed by atoms with E-state index in [1.54, 1.807) is 4.90 Å². The molecule has 2 unspecified atom stereocenters. The highest BCUT2D eigenvalue weighted by Gasteiger charge is 2.41. The number of carbonyl (C=O) groups excluding carboxylic acids is 3. The second-order valence-corrected chi connectivity index (χ2v) is 16.4. The average Bonchev–Trinajstić information content (AvgIpc) is 3.60. The summed E-state index contributed by atoms with van der Waals surface area (Å²) in [6.07, 6.45) is 45.8. The van der Waals surface area contributed by atoms with Crippen LogP contribution in [0.2, 0.25) is 0 Å². The summed E-state index contributed by atoms with van der Waals surface area (Å²) in [7, 11) is 0. The molecule has 320 valence electrons. The molecule has 2 aliphatic heterocycles. The number of rotatable bonds is 35. The van der Waals surface area contributed by atoms with Gasteiger partial charge in [-0.15, -0.1) is 0 Å². The number of nitrogens with zero attached hydrogens (tertiary/aromatic N) is 2. The number of ether oxygens (including phenoxy) is 1. The van der Waals surface area contributed by atoms with Gasteiger partial charge in [0.1, 0.15) is 6.04 Å². The third kappa shape index (κ3) is 24.8. The molecule has 2 heterocycles. The number of amides is 2. The molecule has 8 heteroatoms. The lowest BCUT2D eigenvalue weighted by Gasteiger charge is -2.38. The van der Waals surface area contributed by atoms with Crippen LogP contribution in [0.5, 0.6) is 0 Å². The number of esters is 1. The number of carbonyl (C=O) groups is 3. The Kier molecular flexibility index (Phi) is 30.3. The van der Waals surface area contributed by atoms with Gasteiger partial charge in [-0.1, -0.05) is 133 Å². The number of allylic oxidation sites excluding steroid dienone is 8. The molecule has 0 aliphatic carbocycles. The van der Waals surface area contributed by atoms with Gasteiger partial charge in [0, 0.05) is 64.0 Å². The Morgan fingerprint density at radius 2 is 1.12 bits per heavy atom. The van der Waals surface area contributed by atoms with Crippen LogP contribution in [0.1, 0.15) is 181 Å². The first kappa shape index (κ1) is 49.4. The van der Waals surface area contributed by atoms with Gasteiger partial charge < -0.3 is 25.0 Å². The fourth-order valence-corrected chi connectivity index (χ4v) is 7.56. The molecule has 2 amide bonds.